The van der Waals surface area contributed by atoms with E-state index in [1.54, 1.807) is 0 Å². The molecule has 0 aromatic heterocycles. The van der Waals surface area contributed by atoms with Crippen LogP contribution in [0.5, 0.6) is 0 Å². The molecule has 0 aliphatic carbocycles. The van der Waals surface area contributed by atoms with Gasteiger partial charge < -0.3 is 5.32 Å². The van der Waals surface area contributed by atoms with Gasteiger partial charge in [-0.05, 0) is 25.1 Å². The molecule has 0 radical (unpaired) electrons. The lowest BCUT2D eigenvalue weighted by molar-refractivity contribution is 0.0934. The van der Waals surface area contributed by atoms with Crippen LogP contribution in [0.4, 0.5) is 17.6 Å². The van der Waals surface area contributed by atoms with Gasteiger partial charge in [0.25, 0.3) is 5.91 Å². The number of benzene rings is 2. The van der Waals surface area contributed by atoms with E-state index in [9.17, 15) is 22.4 Å². The normalized spacial score (nSPS) is 12.0. The van der Waals surface area contributed by atoms with E-state index in [1.165, 1.54) is 19.1 Å². The van der Waals surface area contributed by atoms with E-state index in [1.807, 2.05) is 0 Å². The fraction of sp³-hybridized carbons (Fsp3) is 0.133. The monoisotopic (exact) mass is 297 g/mol. The van der Waals surface area contributed by atoms with Crippen LogP contribution < -0.4 is 5.32 Å². The van der Waals surface area contributed by atoms with Gasteiger partial charge in [-0.1, -0.05) is 12.1 Å². The molecule has 1 atom stereocenters. The summed E-state index contributed by atoms with van der Waals surface area (Å²) >= 11 is 0. The molecule has 0 bridgehead atoms. The number of rotatable bonds is 3. The Labute approximate surface area is 118 Å². The summed E-state index contributed by atoms with van der Waals surface area (Å²) in [5.74, 6) is -4.89. The molecule has 2 nitrogen and oxygen atoms in total. The summed E-state index contributed by atoms with van der Waals surface area (Å²) in [5, 5.41) is 2.33. The number of halogens is 4. The van der Waals surface area contributed by atoms with Crippen LogP contribution in [-0.4, -0.2) is 5.91 Å². The maximum absolute atomic E-state index is 13.6. The van der Waals surface area contributed by atoms with Crippen molar-refractivity contribution in [2.45, 2.75) is 13.0 Å². The highest BCUT2D eigenvalue weighted by atomic mass is 19.2. The van der Waals surface area contributed by atoms with E-state index in [0.29, 0.717) is 6.07 Å². The van der Waals surface area contributed by atoms with E-state index in [4.69, 9.17) is 0 Å². The molecule has 1 unspecified atom stereocenters. The van der Waals surface area contributed by atoms with Gasteiger partial charge in [0.1, 0.15) is 11.6 Å². The summed E-state index contributed by atoms with van der Waals surface area (Å²) in [7, 11) is 0. The van der Waals surface area contributed by atoms with Gasteiger partial charge in [-0.25, -0.2) is 17.6 Å². The summed E-state index contributed by atoms with van der Waals surface area (Å²) in [6.07, 6.45) is 0. The molecular weight excluding hydrogens is 286 g/mol. The Morgan fingerprint density at radius 1 is 1.05 bits per heavy atom. The smallest absolute Gasteiger partial charge is 0.254 e. The zero-order valence-electron chi connectivity index (χ0n) is 11.0. The Hall–Kier alpha value is -2.37. The van der Waals surface area contributed by atoms with Crippen molar-refractivity contribution in [1.29, 1.82) is 0 Å². The third kappa shape index (κ3) is 3.21. The first kappa shape index (κ1) is 15.0. The quantitative estimate of drug-likeness (QED) is 0.859. The van der Waals surface area contributed by atoms with Crippen molar-refractivity contribution >= 4 is 5.91 Å². The SMILES string of the molecule is CC(NC(=O)c1cccc(F)c1F)c1ccc(F)cc1F. The second-order valence-corrected chi connectivity index (χ2v) is 4.46. The van der Waals surface area contributed by atoms with Crippen LogP contribution in [0.1, 0.15) is 28.9 Å². The summed E-state index contributed by atoms with van der Waals surface area (Å²) in [5.41, 5.74) is -0.439. The standard InChI is InChI=1S/C15H11F4NO/c1-8(10-6-5-9(16)7-13(10)18)20-15(21)11-3-2-4-12(17)14(11)19/h2-8H,1H3,(H,20,21). The minimum absolute atomic E-state index is 0.0431. The molecule has 21 heavy (non-hydrogen) atoms. The minimum Gasteiger partial charge on any atom is -0.345 e. The Morgan fingerprint density at radius 2 is 1.76 bits per heavy atom. The largest absolute Gasteiger partial charge is 0.345 e. The van der Waals surface area contributed by atoms with Gasteiger partial charge in [0.2, 0.25) is 0 Å². The summed E-state index contributed by atoms with van der Waals surface area (Å²) < 4.78 is 52.9. The van der Waals surface area contributed by atoms with Gasteiger partial charge in [0, 0.05) is 11.6 Å². The molecule has 110 valence electrons. The highest BCUT2D eigenvalue weighted by Crippen LogP contribution is 2.19. The number of nitrogens with one attached hydrogen (secondary N) is 1. The van der Waals surface area contributed by atoms with Crippen LogP contribution in [-0.2, 0) is 0 Å². The Bertz CT molecular complexity index is 687. The van der Waals surface area contributed by atoms with Gasteiger partial charge in [-0.15, -0.1) is 0 Å². The Morgan fingerprint density at radius 3 is 2.43 bits per heavy atom. The molecule has 2 aromatic rings. The third-order valence-corrected chi connectivity index (χ3v) is 2.97. The lowest BCUT2D eigenvalue weighted by Gasteiger charge is -2.15. The van der Waals surface area contributed by atoms with E-state index >= 15 is 0 Å². The van der Waals surface area contributed by atoms with Crippen molar-refractivity contribution in [2.24, 2.45) is 0 Å². The molecular formula is C15H11F4NO. The summed E-state index contributed by atoms with van der Waals surface area (Å²) in [6, 6.07) is 5.26. The zero-order valence-corrected chi connectivity index (χ0v) is 11.0. The van der Waals surface area contributed by atoms with E-state index in [-0.39, 0.29) is 5.56 Å². The lowest BCUT2D eigenvalue weighted by Crippen LogP contribution is -2.28. The molecule has 0 aliphatic rings. The second-order valence-electron chi connectivity index (χ2n) is 4.46. The van der Waals surface area contributed by atoms with Gasteiger partial charge in [0.15, 0.2) is 11.6 Å². The van der Waals surface area contributed by atoms with Crippen LogP contribution in [0, 0.1) is 23.3 Å². The average molecular weight is 297 g/mol. The zero-order chi connectivity index (χ0) is 15.6. The first-order valence-electron chi connectivity index (χ1n) is 6.10. The highest BCUT2D eigenvalue weighted by Gasteiger charge is 2.19. The van der Waals surface area contributed by atoms with Crippen molar-refractivity contribution < 1.29 is 22.4 Å². The van der Waals surface area contributed by atoms with Crippen LogP contribution in [0.3, 0.4) is 0 Å². The number of hydrogen-bond donors (Lipinski definition) is 1. The van der Waals surface area contributed by atoms with Crippen LogP contribution >= 0.6 is 0 Å². The first-order valence-corrected chi connectivity index (χ1v) is 6.10. The van der Waals surface area contributed by atoms with Gasteiger partial charge in [-0.3, -0.25) is 4.79 Å². The minimum atomic E-state index is -1.28. The maximum atomic E-state index is 13.6. The number of carbonyl (C=O) groups excluding carboxylic acids is 1. The highest BCUT2D eigenvalue weighted by molar-refractivity contribution is 5.94. The molecule has 0 heterocycles. The Kier molecular flexibility index (Phi) is 4.26. The average Bonchev–Trinajstić information content (AvgIpc) is 2.41. The van der Waals surface area contributed by atoms with Crippen molar-refractivity contribution in [2.75, 3.05) is 0 Å². The molecule has 1 N–H and O–H groups in total. The van der Waals surface area contributed by atoms with Crippen LogP contribution in [0.2, 0.25) is 0 Å². The number of carbonyl (C=O) groups is 1. The van der Waals surface area contributed by atoms with Crippen molar-refractivity contribution in [3.05, 3.63) is 70.8 Å². The third-order valence-electron chi connectivity index (χ3n) is 2.97. The fourth-order valence-electron chi connectivity index (χ4n) is 1.88. The maximum Gasteiger partial charge on any atom is 0.254 e. The fourth-order valence-corrected chi connectivity index (χ4v) is 1.88. The van der Waals surface area contributed by atoms with Gasteiger partial charge >= 0.3 is 0 Å². The molecule has 0 aliphatic heterocycles. The van der Waals surface area contributed by atoms with Crippen LogP contribution in [0.15, 0.2) is 36.4 Å². The number of amides is 1. The summed E-state index contributed by atoms with van der Waals surface area (Å²) in [4.78, 5) is 11.9. The predicted octanol–water partition coefficient (Wildman–Crippen LogP) is 3.73. The Balaban J connectivity index is 2.21. The number of hydrogen-bond acceptors (Lipinski definition) is 1. The predicted molar refractivity (Wildman–Crippen MR) is 68.6 cm³/mol. The van der Waals surface area contributed by atoms with E-state index in [2.05, 4.69) is 5.32 Å². The molecule has 2 aromatic carbocycles. The lowest BCUT2D eigenvalue weighted by atomic mass is 10.1. The molecule has 0 fully saturated rings. The van der Waals surface area contributed by atoms with Crippen molar-refractivity contribution in [1.82, 2.24) is 5.32 Å². The molecule has 2 rings (SSSR count). The molecule has 0 saturated heterocycles. The van der Waals surface area contributed by atoms with Gasteiger partial charge in [-0.2, -0.15) is 0 Å². The molecule has 1 amide bonds. The van der Waals surface area contributed by atoms with Gasteiger partial charge in [0.05, 0.1) is 11.6 Å². The molecule has 6 heteroatoms. The van der Waals surface area contributed by atoms with Crippen LogP contribution in [0.25, 0.3) is 0 Å². The first-order chi connectivity index (χ1) is 9.90. The topological polar surface area (TPSA) is 29.1 Å². The second kappa shape index (κ2) is 5.95. The summed E-state index contributed by atoms with van der Waals surface area (Å²) in [6.45, 7) is 1.45. The molecule has 0 saturated carbocycles. The van der Waals surface area contributed by atoms with Crippen molar-refractivity contribution in [3.63, 3.8) is 0 Å². The van der Waals surface area contributed by atoms with Crippen molar-refractivity contribution in [3.8, 4) is 0 Å². The van der Waals surface area contributed by atoms with E-state index < -0.39 is 40.8 Å². The molecule has 0 spiro atoms. The van der Waals surface area contributed by atoms with E-state index in [0.717, 1.165) is 18.2 Å².